The quantitative estimate of drug-likeness (QED) is 0.188. The van der Waals surface area contributed by atoms with Gasteiger partial charge >= 0.3 is 5.97 Å². The zero-order valence-electron chi connectivity index (χ0n) is 17.2. The highest BCUT2D eigenvalue weighted by atomic mass is 16.4. The molecule has 2 aromatic rings. The van der Waals surface area contributed by atoms with Crippen LogP contribution in [0.5, 0.6) is 0 Å². The van der Waals surface area contributed by atoms with Crippen molar-refractivity contribution in [3.8, 4) is 0 Å². The van der Waals surface area contributed by atoms with Crippen molar-refractivity contribution in [2.24, 2.45) is 5.73 Å². The maximum Gasteiger partial charge on any atom is 0.326 e. The molecule has 2 rings (SSSR count). The van der Waals surface area contributed by atoms with Gasteiger partial charge in [-0.1, -0.05) is 30.3 Å². The number of nitrogens with one attached hydrogen (secondary N) is 4. The molecule has 32 heavy (non-hydrogen) atoms. The standard InChI is InChI=1S/C20H26N6O6/c21-8-17(28)24-16(10-27)19(30)25-14(6-12-4-2-1-3-5-12)18(29)26-15(20(31)32)7-13-9-22-11-23-13/h1-5,9,11,14-16,27H,6-8,10,21H2,(H,22,23)(H,24,28)(H,25,30)(H,26,29)(H,31,32). The normalized spacial score (nSPS) is 13.4. The second-order valence-corrected chi connectivity index (χ2v) is 6.94. The first-order valence-electron chi connectivity index (χ1n) is 9.79. The number of carboxylic acid groups (broad SMARTS) is 1. The number of nitrogens with zero attached hydrogens (tertiary/aromatic N) is 1. The molecule has 0 radical (unpaired) electrons. The van der Waals surface area contributed by atoms with Crippen LogP contribution in [0.15, 0.2) is 42.9 Å². The minimum Gasteiger partial charge on any atom is -0.480 e. The lowest BCUT2D eigenvalue weighted by molar-refractivity contribution is -0.142. The second-order valence-electron chi connectivity index (χ2n) is 6.94. The topological polar surface area (TPSA) is 200 Å². The van der Waals surface area contributed by atoms with Crippen LogP contribution in [0.1, 0.15) is 11.3 Å². The Labute approximate surface area is 183 Å². The highest BCUT2D eigenvalue weighted by Gasteiger charge is 2.29. The molecule has 0 saturated heterocycles. The molecule has 1 aromatic heterocycles. The Morgan fingerprint density at radius 3 is 2.19 bits per heavy atom. The predicted molar refractivity (Wildman–Crippen MR) is 112 cm³/mol. The van der Waals surface area contributed by atoms with E-state index in [-0.39, 0.29) is 19.4 Å². The summed E-state index contributed by atoms with van der Waals surface area (Å²) in [5.41, 5.74) is 6.43. The number of aromatic amines is 1. The van der Waals surface area contributed by atoms with Gasteiger partial charge in [-0.3, -0.25) is 14.4 Å². The summed E-state index contributed by atoms with van der Waals surface area (Å²) < 4.78 is 0. The number of amides is 3. The summed E-state index contributed by atoms with van der Waals surface area (Å²) in [5, 5.41) is 26.1. The molecule has 0 aliphatic carbocycles. The number of benzene rings is 1. The van der Waals surface area contributed by atoms with E-state index < -0.39 is 48.4 Å². The van der Waals surface area contributed by atoms with Gasteiger partial charge in [0, 0.05) is 24.7 Å². The van der Waals surface area contributed by atoms with Gasteiger partial charge in [0.05, 0.1) is 19.5 Å². The number of aliphatic hydroxyl groups excluding tert-OH is 1. The zero-order valence-corrected chi connectivity index (χ0v) is 17.2. The molecule has 3 amide bonds. The lowest BCUT2D eigenvalue weighted by Crippen LogP contribution is -2.57. The fourth-order valence-electron chi connectivity index (χ4n) is 2.87. The molecule has 0 spiro atoms. The second kappa shape index (κ2) is 12.2. The average Bonchev–Trinajstić information content (AvgIpc) is 3.30. The van der Waals surface area contributed by atoms with Gasteiger partial charge in [0.25, 0.3) is 0 Å². The van der Waals surface area contributed by atoms with E-state index in [1.807, 2.05) is 0 Å². The smallest absolute Gasteiger partial charge is 0.326 e. The van der Waals surface area contributed by atoms with Crippen molar-refractivity contribution in [1.82, 2.24) is 25.9 Å². The summed E-state index contributed by atoms with van der Waals surface area (Å²) in [6.07, 6.45) is 2.84. The van der Waals surface area contributed by atoms with Gasteiger partial charge in [-0.2, -0.15) is 0 Å². The summed E-state index contributed by atoms with van der Waals surface area (Å²) in [4.78, 5) is 55.2. The minimum atomic E-state index is -1.32. The molecule has 0 saturated carbocycles. The number of hydrogen-bond donors (Lipinski definition) is 7. The lowest BCUT2D eigenvalue weighted by Gasteiger charge is -2.24. The third-order valence-corrected chi connectivity index (χ3v) is 4.53. The molecular weight excluding hydrogens is 420 g/mol. The number of carboxylic acids is 1. The summed E-state index contributed by atoms with van der Waals surface area (Å²) in [6, 6.07) is 5.01. The number of carbonyl (C=O) groups excluding carboxylic acids is 3. The van der Waals surface area contributed by atoms with E-state index in [0.29, 0.717) is 11.3 Å². The molecule has 12 heteroatoms. The van der Waals surface area contributed by atoms with Gasteiger partial charge in [-0.15, -0.1) is 0 Å². The number of aromatic nitrogens is 2. The van der Waals surface area contributed by atoms with Crippen molar-refractivity contribution in [3.63, 3.8) is 0 Å². The lowest BCUT2D eigenvalue weighted by atomic mass is 10.0. The number of H-pyrrole nitrogens is 1. The molecule has 0 fully saturated rings. The van der Waals surface area contributed by atoms with Gasteiger partial charge in [0.1, 0.15) is 18.1 Å². The summed E-state index contributed by atoms with van der Waals surface area (Å²) in [5.74, 6) is -3.48. The fourth-order valence-corrected chi connectivity index (χ4v) is 2.87. The van der Waals surface area contributed by atoms with E-state index in [2.05, 4.69) is 25.9 Å². The van der Waals surface area contributed by atoms with Gasteiger partial charge in [0.15, 0.2) is 0 Å². The maximum absolute atomic E-state index is 12.9. The van der Waals surface area contributed by atoms with E-state index in [1.54, 1.807) is 30.3 Å². The molecule has 172 valence electrons. The molecule has 8 N–H and O–H groups in total. The molecule has 0 bridgehead atoms. The van der Waals surface area contributed by atoms with Crippen LogP contribution in [-0.2, 0) is 32.0 Å². The van der Waals surface area contributed by atoms with Gasteiger partial charge < -0.3 is 36.9 Å². The summed E-state index contributed by atoms with van der Waals surface area (Å²) in [7, 11) is 0. The first-order valence-corrected chi connectivity index (χ1v) is 9.79. The Morgan fingerprint density at radius 2 is 1.62 bits per heavy atom. The van der Waals surface area contributed by atoms with E-state index in [4.69, 9.17) is 5.73 Å². The highest BCUT2D eigenvalue weighted by molar-refractivity contribution is 5.93. The highest BCUT2D eigenvalue weighted by Crippen LogP contribution is 2.06. The molecule has 0 aliphatic rings. The average molecular weight is 446 g/mol. The van der Waals surface area contributed by atoms with Crippen molar-refractivity contribution in [2.45, 2.75) is 31.0 Å². The SMILES string of the molecule is NCC(=O)NC(CO)C(=O)NC(Cc1ccccc1)C(=O)NC(Cc1cnc[nH]1)C(=O)O. The van der Waals surface area contributed by atoms with Crippen molar-refractivity contribution in [3.05, 3.63) is 54.1 Å². The van der Waals surface area contributed by atoms with Gasteiger partial charge in [-0.25, -0.2) is 9.78 Å². The first kappa shape index (κ1) is 24.5. The van der Waals surface area contributed by atoms with Crippen molar-refractivity contribution in [2.75, 3.05) is 13.2 Å². The molecule has 3 unspecified atom stereocenters. The third kappa shape index (κ3) is 7.49. The van der Waals surface area contributed by atoms with Crippen LogP contribution < -0.4 is 21.7 Å². The summed E-state index contributed by atoms with van der Waals surface area (Å²) >= 11 is 0. The Balaban J connectivity index is 2.17. The molecule has 1 heterocycles. The largest absolute Gasteiger partial charge is 0.480 e. The number of aliphatic hydroxyl groups is 1. The van der Waals surface area contributed by atoms with Gasteiger partial charge in [-0.05, 0) is 5.56 Å². The van der Waals surface area contributed by atoms with E-state index >= 15 is 0 Å². The molecule has 0 aliphatic heterocycles. The van der Waals surface area contributed by atoms with E-state index in [9.17, 15) is 29.4 Å². The van der Waals surface area contributed by atoms with E-state index in [1.165, 1.54) is 12.5 Å². The Morgan fingerprint density at radius 1 is 0.969 bits per heavy atom. The van der Waals surface area contributed by atoms with Gasteiger partial charge in [0.2, 0.25) is 17.7 Å². The number of hydrogen-bond acceptors (Lipinski definition) is 7. The monoisotopic (exact) mass is 446 g/mol. The Bertz CT molecular complexity index is 905. The Kier molecular flexibility index (Phi) is 9.32. The molecular formula is C20H26N6O6. The van der Waals surface area contributed by atoms with Crippen LogP contribution in [-0.4, -0.2) is 75.1 Å². The van der Waals surface area contributed by atoms with Crippen LogP contribution in [0.4, 0.5) is 0 Å². The maximum atomic E-state index is 12.9. The van der Waals surface area contributed by atoms with Crippen LogP contribution in [0.2, 0.25) is 0 Å². The van der Waals surface area contributed by atoms with E-state index in [0.717, 1.165) is 0 Å². The Hall–Kier alpha value is -3.77. The van der Waals surface area contributed by atoms with Crippen LogP contribution in [0, 0.1) is 0 Å². The zero-order chi connectivity index (χ0) is 23.5. The summed E-state index contributed by atoms with van der Waals surface area (Å²) in [6.45, 7) is -1.10. The van der Waals surface area contributed by atoms with Crippen LogP contribution in [0.3, 0.4) is 0 Å². The van der Waals surface area contributed by atoms with Crippen LogP contribution in [0.25, 0.3) is 0 Å². The number of carbonyl (C=O) groups is 4. The predicted octanol–water partition coefficient (Wildman–Crippen LogP) is -2.32. The number of aliphatic carboxylic acids is 1. The van der Waals surface area contributed by atoms with Crippen molar-refractivity contribution >= 4 is 23.7 Å². The van der Waals surface area contributed by atoms with Crippen LogP contribution >= 0.6 is 0 Å². The fraction of sp³-hybridized carbons (Fsp3) is 0.350. The first-order chi connectivity index (χ1) is 15.3. The molecule has 12 nitrogen and oxygen atoms in total. The third-order valence-electron chi connectivity index (χ3n) is 4.53. The molecule has 1 aromatic carbocycles. The number of rotatable bonds is 12. The van der Waals surface area contributed by atoms with Crippen molar-refractivity contribution in [1.29, 1.82) is 0 Å². The van der Waals surface area contributed by atoms with Crippen molar-refractivity contribution < 1.29 is 29.4 Å². The number of nitrogens with two attached hydrogens (primary N) is 1. The molecule has 3 atom stereocenters. The minimum absolute atomic E-state index is 0.0428. The number of imidazole rings is 1.